The Bertz CT molecular complexity index is 1480. The summed E-state index contributed by atoms with van der Waals surface area (Å²) in [6, 6.07) is 8.71. The van der Waals surface area contributed by atoms with E-state index in [2.05, 4.69) is 22.1 Å². The standard InChI is InChI=1S/C28H31F3N6O/c1-18-9-10-35(13-18)14-19-11-23(28(29,30)31)24-16-36(27(38)37(24)15-19)22-8-4-7-21(12-22)25(20-5-3-6-20)26-33-32-17-34(26)2/h4,7-8,11-12,15-18,20,25H,3,5-6,9-10,13-14H2,1-2H3/q+1/t18-,25+/m0/s1. The van der Waals surface area contributed by atoms with Crippen molar-refractivity contribution in [2.75, 3.05) is 20.1 Å². The van der Waals surface area contributed by atoms with Crippen LogP contribution >= 0.6 is 0 Å². The molecule has 199 valence electrons. The maximum Gasteiger partial charge on any atom is 0.418 e. The third-order valence-electron chi connectivity index (χ3n) is 8.20. The van der Waals surface area contributed by atoms with Crippen molar-refractivity contribution in [1.82, 2.24) is 13.9 Å². The molecule has 0 unspecified atom stereocenters. The number of azo groups is 1. The Balaban J connectivity index is 1.42. The molecule has 3 aliphatic rings. The molecule has 0 bridgehead atoms. The van der Waals surface area contributed by atoms with Crippen LogP contribution in [0.1, 0.15) is 55.2 Å². The number of aromatic nitrogens is 2. The second-order valence-electron chi connectivity index (χ2n) is 11.0. The van der Waals surface area contributed by atoms with Crippen molar-refractivity contribution in [2.24, 2.45) is 22.1 Å². The van der Waals surface area contributed by atoms with Crippen LogP contribution in [0.3, 0.4) is 0 Å². The lowest BCUT2D eigenvalue weighted by atomic mass is 9.71. The largest absolute Gasteiger partial charge is 0.418 e. The normalized spacial score (nSPS) is 21.8. The lowest BCUT2D eigenvalue weighted by Gasteiger charge is -2.34. The van der Waals surface area contributed by atoms with Crippen LogP contribution in [0, 0.1) is 18.0 Å². The zero-order valence-corrected chi connectivity index (χ0v) is 21.5. The van der Waals surface area contributed by atoms with E-state index >= 15 is 0 Å². The highest BCUT2D eigenvalue weighted by molar-refractivity contribution is 5.58. The van der Waals surface area contributed by atoms with Gasteiger partial charge in [-0.3, -0.25) is 13.9 Å². The average molecular weight is 525 g/mol. The van der Waals surface area contributed by atoms with Gasteiger partial charge in [0.05, 0.1) is 34.8 Å². The van der Waals surface area contributed by atoms with Gasteiger partial charge in [0.1, 0.15) is 0 Å². The smallest absolute Gasteiger partial charge is 0.299 e. The van der Waals surface area contributed by atoms with Crippen molar-refractivity contribution in [3.8, 4) is 5.69 Å². The highest BCUT2D eigenvalue weighted by atomic mass is 19.4. The topological polar surface area (TPSA) is 57.4 Å². The van der Waals surface area contributed by atoms with Gasteiger partial charge in [0.2, 0.25) is 0 Å². The van der Waals surface area contributed by atoms with Gasteiger partial charge in [-0.05, 0) is 72.1 Å². The van der Waals surface area contributed by atoms with E-state index < -0.39 is 17.4 Å². The molecule has 6 rings (SSSR count). The summed E-state index contributed by atoms with van der Waals surface area (Å²) in [6.07, 6.45) is 5.15. The monoisotopic (exact) mass is 524 g/mol. The van der Waals surface area contributed by atoms with Crippen LogP contribution in [0.25, 0.3) is 11.2 Å². The van der Waals surface area contributed by atoms with E-state index in [-0.39, 0.29) is 11.4 Å². The zero-order valence-electron chi connectivity index (χ0n) is 21.5. The number of halogens is 3. The zero-order chi connectivity index (χ0) is 26.6. The van der Waals surface area contributed by atoms with Crippen LogP contribution in [0.5, 0.6) is 0 Å². The summed E-state index contributed by atoms with van der Waals surface area (Å²) in [5.74, 6) is 0.928. The maximum atomic E-state index is 14.2. The van der Waals surface area contributed by atoms with E-state index in [1.54, 1.807) is 18.6 Å². The van der Waals surface area contributed by atoms with Crippen LogP contribution in [-0.4, -0.2) is 44.9 Å². The summed E-state index contributed by atoms with van der Waals surface area (Å²) in [7, 11) is 1.91. The van der Waals surface area contributed by atoms with Crippen LogP contribution in [0.15, 0.2) is 57.7 Å². The number of pyridine rings is 1. The molecule has 0 amide bonds. The van der Waals surface area contributed by atoms with Crippen LogP contribution < -0.4 is 5.69 Å². The van der Waals surface area contributed by atoms with Gasteiger partial charge in [0.15, 0.2) is 0 Å². The Morgan fingerprint density at radius 3 is 2.61 bits per heavy atom. The first-order valence-corrected chi connectivity index (χ1v) is 13.2. The third-order valence-corrected chi connectivity index (χ3v) is 8.20. The van der Waals surface area contributed by atoms with Crippen molar-refractivity contribution in [3.05, 3.63) is 76.1 Å². The fourth-order valence-corrected chi connectivity index (χ4v) is 6.02. The van der Waals surface area contributed by atoms with E-state index in [0.717, 1.165) is 54.9 Å². The van der Waals surface area contributed by atoms with Crippen molar-refractivity contribution < 1.29 is 17.7 Å². The predicted molar refractivity (Wildman–Crippen MR) is 137 cm³/mol. The van der Waals surface area contributed by atoms with Gasteiger partial charge in [0, 0.05) is 25.5 Å². The van der Waals surface area contributed by atoms with E-state index in [1.165, 1.54) is 16.8 Å². The summed E-state index contributed by atoms with van der Waals surface area (Å²) < 4.78 is 46.9. The number of alkyl halides is 3. The maximum absolute atomic E-state index is 14.2. The van der Waals surface area contributed by atoms with E-state index in [9.17, 15) is 18.0 Å². The highest BCUT2D eigenvalue weighted by Crippen LogP contribution is 2.46. The summed E-state index contributed by atoms with van der Waals surface area (Å²) in [5, 5.41) is 8.41. The molecule has 0 N–H and O–H groups in total. The Hall–Kier alpha value is -3.27. The molecular weight excluding hydrogens is 493 g/mol. The van der Waals surface area contributed by atoms with E-state index in [1.807, 2.05) is 29.8 Å². The minimum absolute atomic E-state index is 0.00382. The molecule has 2 aliphatic heterocycles. The van der Waals surface area contributed by atoms with Gasteiger partial charge in [0.25, 0.3) is 0 Å². The summed E-state index contributed by atoms with van der Waals surface area (Å²) in [5.41, 5.74) is 0.546. The van der Waals surface area contributed by atoms with Crippen molar-refractivity contribution >= 4 is 11.9 Å². The van der Waals surface area contributed by atoms with E-state index in [4.69, 9.17) is 0 Å². The number of benzene rings is 1. The molecule has 7 nitrogen and oxygen atoms in total. The first-order valence-electron chi connectivity index (χ1n) is 13.2. The Labute approximate surface area is 218 Å². The molecule has 1 aliphatic carbocycles. The van der Waals surface area contributed by atoms with Crippen LogP contribution in [0.4, 0.5) is 13.2 Å². The number of rotatable bonds is 6. The minimum atomic E-state index is -4.58. The average Bonchev–Trinajstić information content (AvgIpc) is 3.54. The molecule has 1 aromatic carbocycles. The summed E-state index contributed by atoms with van der Waals surface area (Å²) in [6.45, 7) is 4.22. The molecule has 2 aromatic heterocycles. The summed E-state index contributed by atoms with van der Waals surface area (Å²) >= 11 is 0. The molecule has 10 heteroatoms. The quantitative estimate of drug-likeness (QED) is 0.402. The van der Waals surface area contributed by atoms with Crippen LogP contribution in [0.2, 0.25) is 0 Å². The predicted octanol–water partition coefficient (Wildman–Crippen LogP) is 5.46. The van der Waals surface area contributed by atoms with Crippen LogP contribution in [-0.2, 0) is 12.7 Å². The van der Waals surface area contributed by atoms with Gasteiger partial charge in [-0.15, -0.1) is 0 Å². The molecule has 38 heavy (non-hydrogen) atoms. The summed E-state index contributed by atoms with van der Waals surface area (Å²) in [4.78, 5) is 15.7. The molecule has 1 saturated carbocycles. The number of fused-ring (bicyclic) bond motifs is 1. The minimum Gasteiger partial charge on any atom is -0.299 e. The molecule has 2 atom stereocenters. The molecule has 1 radical (unpaired) electrons. The molecule has 1 saturated heterocycles. The second kappa shape index (κ2) is 9.48. The van der Waals surface area contributed by atoms with Gasteiger partial charge >= 0.3 is 24.4 Å². The molecule has 2 fully saturated rings. The number of hydrogen-bond donors (Lipinski definition) is 0. The Morgan fingerprint density at radius 1 is 1.16 bits per heavy atom. The Kier molecular flexibility index (Phi) is 6.25. The fourth-order valence-electron chi connectivity index (χ4n) is 6.02. The van der Waals surface area contributed by atoms with Gasteiger partial charge in [-0.2, -0.15) is 13.2 Å². The lowest BCUT2D eigenvalue weighted by Crippen LogP contribution is -2.29. The number of likely N-dealkylation sites (N-methyl/N-ethyl adjacent to an activating group) is 1. The second-order valence-corrected chi connectivity index (χ2v) is 11.0. The number of nitrogens with zero attached hydrogens (tertiary/aromatic N) is 6. The molecule has 0 spiro atoms. The molecular formula is C28H31F3N6O+. The SMILES string of the molecule is C[C@H]1CCN(Cc2cc(C(F)(F)F)c3cn(-c4cccc([C@H]([C]5N=NC=[N+]5C)C5CCC5)c4)c(=O)n3c2)C1. The first-order chi connectivity index (χ1) is 18.2. The van der Waals surface area contributed by atoms with Crippen molar-refractivity contribution in [2.45, 2.75) is 51.2 Å². The Morgan fingerprint density at radius 2 is 1.97 bits per heavy atom. The molecule has 3 aromatic rings. The number of imidazole rings is 1. The van der Waals surface area contributed by atoms with Gasteiger partial charge < -0.3 is 0 Å². The number of hydrogen-bond acceptors (Lipinski definition) is 4. The third kappa shape index (κ3) is 4.48. The number of likely N-dealkylation sites (tertiary alicyclic amines) is 1. The van der Waals surface area contributed by atoms with Crippen molar-refractivity contribution in [1.29, 1.82) is 0 Å². The van der Waals surface area contributed by atoms with E-state index in [0.29, 0.717) is 29.6 Å². The molecule has 4 heterocycles. The lowest BCUT2D eigenvalue weighted by molar-refractivity contribution is -0.480. The van der Waals surface area contributed by atoms with Gasteiger partial charge in [-0.1, -0.05) is 25.5 Å². The van der Waals surface area contributed by atoms with Gasteiger partial charge in [-0.25, -0.2) is 9.37 Å². The fraction of sp³-hybridized carbons (Fsp3) is 0.464. The highest BCUT2D eigenvalue weighted by Gasteiger charge is 2.42. The first kappa shape index (κ1) is 25.0. The van der Waals surface area contributed by atoms with Crippen molar-refractivity contribution in [3.63, 3.8) is 0 Å².